The maximum absolute atomic E-state index is 12.5. The summed E-state index contributed by atoms with van der Waals surface area (Å²) >= 11 is 0. The Kier molecular flexibility index (Phi) is 5.80. The number of aliphatic carboxylic acids is 1. The van der Waals surface area contributed by atoms with Crippen molar-refractivity contribution in [3.05, 3.63) is 66.0 Å². The molecule has 2 N–H and O–H groups in total. The number of carboxylic acids is 1. The maximum atomic E-state index is 12.5. The molecule has 3 rings (SSSR count). The van der Waals surface area contributed by atoms with Gasteiger partial charge in [0.1, 0.15) is 6.04 Å². The Hall–Kier alpha value is -3.22. The number of amides is 2. The van der Waals surface area contributed by atoms with Gasteiger partial charge in [-0.05, 0) is 17.7 Å². The van der Waals surface area contributed by atoms with Gasteiger partial charge in [-0.1, -0.05) is 36.4 Å². The number of aromatic nitrogens is 1. The zero-order valence-corrected chi connectivity index (χ0v) is 14.7. The summed E-state index contributed by atoms with van der Waals surface area (Å²) in [6.45, 7) is 0.606. The summed E-state index contributed by atoms with van der Waals surface area (Å²) in [6, 6.07) is 13.5. The molecule has 2 heterocycles. The van der Waals surface area contributed by atoms with Crippen molar-refractivity contribution in [1.82, 2.24) is 15.2 Å². The second-order valence-corrected chi connectivity index (χ2v) is 6.59. The van der Waals surface area contributed by atoms with Gasteiger partial charge in [0.15, 0.2) is 0 Å². The van der Waals surface area contributed by atoms with Crippen molar-refractivity contribution >= 4 is 17.8 Å². The Balaban J connectivity index is 1.59. The molecule has 1 saturated heterocycles. The molecular formula is C20H21N3O4. The van der Waals surface area contributed by atoms with Crippen LogP contribution in [0.5, 0.6) is 0 Å². The number of benzene rings is 1. The van der Waals surface area contributed by atoms with E-state index in [-0.39, 0.29) is 25.3 Å². The normalized spacial score (nSPS) is 17.6. The quantitative estimate of drug-likeness (QED) is 0.767. The first-order valence-corrected chi connectivity index (χ1v) is 8.77. The molecule has 7 heteroatoms. The molecule has 0 saturated carbocycles. The number of hydrogen-bond acceptors (Lipinski definition) is 4. The van der Waals surface area contributed by atoms with Crippen LogP contribution in [0.2, 0.25) is 0 Å². The van der Waals surface area contributed by atoms with Gasteiger partial charge >= 0.3 is 5.97 Å². The number of nitrogens with zero attached hydrogens (tertiary/aromatic N) is 2. The van der Waals surface area contributed by atoms with E-state index in [0.717, 1.165) is 11.3 Å². The molecule has 2 amide bonds. The van der Waals surface area contributed by atoms with E-state index in [9.17, 15) is 19.5 Å². The summed E-state index contributed by atoms with van der Waals surface area (Å²) in [5, 5.41) is 12.0. The molecule has 1 aromatic heterocycles. The van der Waals surface area contributed by atoms with E-state index >= 15 is 0 Å². The summed E-state index contributed by atoms with van der Waals surface area (Å²) in [7, 11) is 0. The molecule has 1 aliphatic rings. The van der Waals surface area contributed by atoms with Gasteiger partial charge in [0, 0.05) is 25.6 Å². The number of nitrogens with one attached hydrogen (secondary N) is 1. The van der Waals surface area contributed by atoms with Gasteiger partial charge in [0.05, 0.1) is 18.2 Å². The van der Waals surface area contributed by atoms with Gasteiger partial charge < -0.3 is 15.3 Å². The van der Waals surface area contributed by atoms with E-state index in [1.54, 1.807) is 17.2 Å². The topological polar surface area (TPSA) is 99.6 Å². The molecule has 27 heavy (non-hydrogen) atoms. The number of likely N-dealkylation sites (tertiary alicyclic amines) is 1. The lowest BCUT2D eigenvalue weighted by Gasteiger charge is -2.18. The Labute approximate surface area is 157 Å². The Morgan fingerprint density at radius 2 is 1.93 bits per heavy atom. The Morgan fingerprint density at radius 3 is 2.59 bits per heavy atom. The van der Waals surface area contributed by atoms with Crippen molar-refractivity contribution in [2.75, 3.05) is 6.54 Å². The Morgan fingerprint density at radius 1 is 1.19 bits per heavy atom. The molecule has 0 aliphatic carbocycles. The third-order valence-electron chi connectivity index (χ3n) is 4.56. The average molecular weight is 367 g/mol. The smallest absolute Gasteiger partial charge is 0.326 e. The van der Waals surface area contributed by atoms with Crippen LogP contribution < -0.4 is 5.32 Å². The van der Waals surface area contributed by atoms with Crippen molar-refractivity contribution < 1.29 is 19.5 Å². The van der Waals surface area contributed by atoms with Crippen molar-refractivity contribution in [1.29, 1.82) is 0 Å². The van der Waals surface area contributed by atoms with E-state index in [1.165, 1.54) is 0 Å². The number of hydrogen-bond donors (Lipinski definition) is 2. The van der Waals surface area contributed by atoms with Gasteiger partial charge in [-0.3, -0.25) is 14.6 Å². The second-order valence-electron chi connectivity index (χ2n) is 6.59. The fourth-order valence-corrected chi connectivity index (χ4v) is 3.13. The summed E-state index contributed by atoms with van der Waals surface area (Å²) in [5.41, 5.74) is 1.57. The lowest BCUT2D eigenvalue weighted by atomic mass is 10.0. The lowest BCUT2D eigenvalue weighted by molar-refractivity contribution is -0.142. The number of carboxylic acid groups (broad SMARTS) is 1. The SMILES string of the molecule is O=C(N[C@@H](Cc1ccccc1)C(=O)O)[C@@H]1CC(=O)N(Cc2ccccn2)C1. The lowest BCUT2D eigenvalue weighted by Crippen LogP contribution is -2.45. The van der Waals surface area contributed by atoms with Crippen LogP contribution in [-0.2, 0) is 27.3 Å². The highest BCUT2D eigenvalue weighted by Gasteiger charge is 2.36. The molecule has 0 spiro atoms. The molecule has 2 atom stereocenters. The van der Waals surface area contributed by atoms with Crippen LogP contribution in [0.3, 0.4) is 0 Å². The van der Waals surface area contributed by atoms with Crippen LogP contribution in [-0.4, -0.2) is 45.4 Å². The summed E-state index contributed by atoms with van der Waals surface area (Å²) < 4.78 is 0. The molecule has 0 bridgehead atoms. The van der Waals surface area contributed by atoms with Crippen LogP contribution in [0, 0.1) is 5.92 Å². The van der Waals surface area contributed by atoms with Crippen molar-refractivity contribution in [2.45, 2.75) is 25.4 Å². The predicted molar refractivity (Wildman–Crippen MR) is 97.5 cm³/mol. The molecular weight excluding hydrogens is 346 g/mol. The molecule has 1 aromatic carbocycles. The number of carbonyl (C=O) groups is 3. The van der Waals surface area contributed by atoms with Crippen molar-refractivity contribution in [3.63, 3.8) is 0 Å². The Bertz CT molecular complexity index is 810. The molecule has 1 aliphatic heterocycles. The molecule has 0 radical (unpaired) electrons. The number of carbonyl (C=O) groups excluding carboxylic acids is 2. The number of rotatable bonds is 7. The minimum atomic E-state index is -1.10. The first kappa shape index (κ1) is 18.6. The zero-order valence-electron chi connectivity index (χ0n) is 14.7. The summed E-state index contributed by atoms with van der Waals surface area (Å²) in [4.78, 5) is 42.0. The van der Waals surface area contributed by atoms with Gasteiger partial charge in [-0.2, -0.15) is 0 Å². The van der Waals surface area contributed by atoms with Crippen LogP contribution >= 0.6 is 0 Å². The third kappa shape index (κ3) is 4.91. The maximum Gasteiger partial charge on any atom is 0.326 e. The van der Waals surface area contributed by atoms with E-state index < -0.39 is 23.8 Å². The molecule has 7 nitrogen and oxygen atoms in total. The predicted octanol–water partition coefficient (Wildman–Crippen LogP) is 1.24. The van der Waals surface area contributed by atoms with Gasteiger partial charge in [0.25, 0.3) is 0 Å². The van der Waals surface area contributed by atoms with Crippen molar-refractivity contribution in [3.8, 4) is 0 Å². The minimum Gasteiger partial charge on any atom is -0.480 e. The highest BCUT2D eigenvalue weighted by atomic mass is 16.4. The molecule has 1 fully saturated rings. The van der Waals surface area contributed by atoms with Gasteiger partial charge in [-0.25, -0.2) is 4.79 Å². The molecule has 140 valence electrons. The minimum absolute atomic E-state index is 0.0797. The van der Waals surface area contributed by atoms with Crippen molar-refractivity contribution in [2.24, 2.45) is 5.92 Å². The third-order valence-corrected chi connectivity index (χ3v) is 4.56. The summed E-state index contributed by atoms with van der Waals surface area (Å²) in [6.07, 6.45) is 1.93. The van der Waals surface area contributed by atoms with Crippen LogP contribution in [0.15, 0.2) is 54.7 Å². The average Bonchev–Trinajstić information content (AvgIpc) is 3.03. The van der Waals surface area contributed by atoms with E-state index in [1.807, 2.05) is 42.5 Å². The number of pyridine rings is 1. The summed E-state index contributed by atoms with van der Waals surface area (Å²) in [5.74, 6) is -2.19. The van der Waals surface area contributed by atoms with Crippen LogP contribution in [0.4, 0.5) is 0 Å². The largest absolute Gasteiger partial charge is 0.480 e. The second kappa shape index (κ2) is 8.44. The highest BCUT2D eigenvalue weighted by Crippen LogP contribution is 2.20. The molecule has 0 unspecified atom stereocenters. The first-order chi connectivity index (χ1) is 13.0. The zero-order chi connectivity index (χ0) is 19.2. The molecule has 2 aromatic rings. The van der Waals surface area contributed by atoms with E-state index in [0.29, 0.717) is 6.54 Å². The van der Waals surface area contributed by atoms with E-state index in [4.69, 9.17) is 0 Å². The van der Waals surface area contributed by atoms with Gasteiger partial charge in [-0.15, -0.1) is 0 Å². The fourth-order valence-electron chi connectivity index (χ4n) is 3.13. The van der Waals surface area contributed by atoms with Gasteiger partial charge in [0.2, 0.25) is 11.8 Å². The highest BCUT2D eigenvalue weighted by molar-refractivity contribution is 5.91. The monoisotopic (exact) mass is 367 g/mol. The standard InChI is InChI=1S/C20H21N3O4/c24-18-11-15(12-23(18)13-16-8-4-5-9-21-16)19(25)22-17(20(26)27)10-14-6-2-1-3-7-14/h1-9,15,17H,10-13H2,(H,22,25)(H,26,27)/t15-,17+/m1/s1. The van der Waals surface area contributed by atoms with E-state index in [2.05, 4.69) is 10.3 Å². The van der Waals surface area contributed by atoms with Crippen LogP contribution in [0.25, 0.3) is 0 Å². The van der Waals surface area contributed by atoms with Crippen LogP contribution in [0.1, 0.15) is 17.7 Å². The fraction of sp³-hybridized carbons (Fsp3) is 0.300. The first-order valence-electron chi connectivity index (χ1n) is 8.77.